The Bertz CT molecular complexity index is 451. The fourth-order valence-electron chi connectivity index (χ4n) is 1.78. The predicted molar refractivity (Wildman–Crippen MR) is 67.2 cm³/mol. The molecule has 0 fully saturated rings. The molecule has 0 unspecified atom stereocenters. The molecule has 1 aliphatic heterocycles. The Labute approximate surface area is 107 Å². The molecule has 0 aromatic heterocycles. The van der Waals surface area contributed by atoms with Crippen LogP contribution in [0, 0.1) is 5.41 Å². The first-order valence-electron chi connectivity index (χ1n) is 6.07. The summed E-state index contributed by atoms with van der Waals surface area (Å²) in [5, 5.41) is 0. The molecule has 0 saturated heterocycles. The van der Waals surface area contributed by atoms with Crippen molar-refractivity contribution in [3.05, 3.63) is 23.8 Å². The highest BCUT2D eigenvalue weighted by molar-refractivity contribution is 6.03. The standard InChI is InChI=1S/C14H18O4/c1-4-16-9-18-10-5-6-11-12(7-10)17-8-14(2,3)13(11)15/h5-7H,4,8-9H2,1-3H3. The maximum absolute atomic E-state index is 12.2. The van der Waals surface area contributed by atoms with Crippen LogP contribution in [-0.2, 0) is 4.74 Å². The topological polar surface area (TPSA) is 44.8 Å². The van der Waals surface area contributed by atoms with Crippen LogP contribution in [0.4, 0.5) is 0 Å². The van der Waals surface area contributed by atoms with Gasteiger partial charge in [0, 0.05) is 12.7 Å². The third-order valence-electron chi connectivity index (χ3n) is 2.91. The molecule has 1 aromatic rings. The second kappa shape index (κ2) is 4.98. The van der Waals surface area contributed by atoms with E-state index < -0.39 is 5.41 Å². The summed E-state index contributed by atoms with van der Waals surface area (Å²) in [5.41, 5.74) is 0.163. The number of carbonyl (C=O) groups excluding carboxylic acids is 1. The van der Waals surface area contributed by atoms with E-state index in [2.05, 4.69) is 0 Å². The number of fused-ring (bicyclic) bond motifs is 1. The summed E-state index contributed by atoms with van der Waals surface area (Å²) in [7, 11) is 0. The van der Waals surface area contributed by atoms with Gasteiger partial charge in [-0.1, -0.05) is 0 Å². The molecule has 0 N–H and O–H groups in total. The minimum Gasteiger partial charge on any atom is -0.492 e. The van der Waals surface area contributed by atoms with Crippen LogP contribution < -0.4 is 9.47 Å². The first-order valence-corrected chi connectivity index (χ1v) is 6.07. The molecule has 0 spiro atoms. The lowest BCUT2D eigenvalue weighted by molar-refractivity contribution is 0.0221. The van der Waals surface area contributed by atoms with Crippen molar-refractivity contribution in [2.45, 2.75) is 20.8 Å². The number of rotatable bonds is 4. The predicted octanol–water partition coefficient (Wildman–Crippen LogP) is 2.66. The number of ether oxygens (including phenoxy) is 3. The molecule has 0 aliphatic carbocycles. The average molecular weight is 250 g/mol. The molecule has 1 aromatic carbocycles. The van der Waals surface area contributed by atoms with Gasteiger partial charge in [0.05, 0.1) is 11.0 Å². The fourth-order valence-corrected chi connectivity index (χ4v) is 1.78. The summed E-state index contributed by atoms with van der Waals surface area (Å²) < 4.78 is 16.1. The third-order valence-corrected chi connectivity index (χ3v) is 2.91. The van der Waals surface area contributed by atoms with Crippen LogP contribution in [0.2, 0.25) is 0 Å². The van der Waals surface area contributed by atoms with Crippen molar-refractivity contribution in [2.75, 3.05) is 20.0 Å². The molecule has 0 saturated carbocycles. The van der Waals surface area contributed by atoms with Gasteiger partial charge >= 0.3 is 0 Å². The number of ketones is 1. The fraction of sp³-hybridized carbons (Fsp3) is 0.500. The van der Waals surface area contributed by atoms with Crippen molar-refractivity contribution in [1.29, 1.82) is 0 Å². The zero-order valence-electron chi connectivity index (χ0n) is 11.0. The molecule has 98 valence electrons. The molecule has 1 aliphatic rings. The highest BCUT2D eigenvalue weighted by atomic mass is 16.7. The summed E-state index contributed by atoms with van der Waals surface area (Å²) in [6.07, 6.45) is 0. The molecule has 0 radical (unpaired) electrons. The van der Waals surface area contributed by atoms with Crippen LogP contribution in [-0.4, -0.2) is 25.8 Å². The summed E-state index contributed by atoms with van der Waals surface area (Å²) in [5.74, 6) is 1.35. The van der Waals surface area contributed by atoms with Crippen molar-refractivity contribution in [2.24, 2.45) is 5.41 Å². The molecule has 4 nitrogen and oxygen atoms in total. The molecule has 0 atom stereocenters. The van der Waals surface area contributed by atoms with E-state index in [0.29, 0.717) is 30.3 Å². The number of hydrogen-bond acceptors (Lipinski definition) is 4. The quantitative estimate of drug-likeness (QED) is 0.608. The Hall–Kier alpha value is -1.55. The minimum absolute atomic E-state index is 0.111. The summed E-state index contributed by atoms with van der Waals surface area (Å²) in [4.78, 5) is 12.2. The van der Waals surface area contributed by atoms with Gasteiger partial charge in [0.1, 0.15) is 18.1 Å². The van der Waals surface area contributed by atoms with Crippen LogP contribution >= 0.6 is 0 Å². The van der Waals surface area contributed by atoms with Gasteiger partial charge in [-0.25, -0.2) is 0 Å². The molecular formula is C14H18O4. The van der Waals surface area contributed by atoms with Crippen LogP contribution in [0.15, 0.2) is 18.2 Å². The SMILES string of the molecule is CCOCOc1ccc2c(c1)OCC(C)(C)C2=O. The zero-order valence-corrected chi connectivity index (χ0v) is 11.0. The largest absolute Gasteiger partial charge is 0.492 e. The van der Waals surface area contributed by atoms with E-state index in [1.54, 1.807) is 18.2 Å². The van der Waals surface area contributed by atoms with Crippen molar-refractivity contribution in [1.82, 2.24) is 0 Å². The van der Waals surface area contributed by atoms with Gasteiger partial charge in [-0.05, 0) is 32.9 Å². The van der Waals surface area contributed by atoms with Crippen LogP contribution in [0.3, 0.4) is 0 Å². The highest BCUT2D eigenvalue weighted by Gasteiger charge is 2.35. The van der Waals surface area contributed by atoms with E-state index in [0.717, 1.165) is 0 Å². The van der Waals surface area contributed by atoms with E-state index in [9.17, 15) is 4.79 Å². The van der Waals surface area contributed by atoms with E-state index in [4.69, 9.17) is 14.2 Å². The zero-order chi connectivity index (χ0) is 13.2. The summed E-state index contributed by atoms with van der Waals surface area (Å²) >= 11 is 0. The number of carbonyl (C=O) groups is 1. The highest BCUT2D eigenvalue weighted by Crippen LogP contribution is 2.36. The van der Waals surface area contributed by atoms with Crippen molar-refractivity contribution < 1.29 is 19.0 Å². The first kappa shape index (κ1) is 12.9. The maximum Gasteiger partial charge on any atom is 0.189 e. The molecule has 0 bridgehead atoms. The maximum atomic E-state index is 12.2. The van der Waals surface area contributed by atoms with Crippen LogP contribution in [0.1, 0.15) is 31.1 Å². The number of hydrogen-bond donors (Lipinski definition) is 0. The van der Waals surface area contributed by atoms with E-state index in [1.807, 2.05) is 20.8 Å². The average Bonchev–Trinajstić information content (AvgIpc) is 2.35. The van der Waals surface area contributed by atoms with Gasteiger partial charge < -0.3 is 14.2 Å². The Kier molecular flexibility index (Phi) is 3.57. The normalized spacial score (nSPS) is 16.9. The number of Topliss-reactive ketones (excluding diaryl/α,β-unsaturated/α-hetero) is 1. The van der Waals surface area contributed by atoms with Crippen molar-refractivity contribution >= 4 is 5.78 Å². The van der Waals surface area contributed by atoms with Gasteiger partial charge in [-0.3, -0.25) is 4.79 Å². The smallest absolute Gasteiger partial charge is 0.189 e. The Morgan fingerprint density at radius 3 is 2.89 bits per heavy atom. The van der Waals surface area contributed by atoms with Gasteiger partial charge in [0.2, 0.25) is 0 Å². The Balaban J connectivity index is 2.16. The first-order chi connectivity index (χ1) is 8.54. The lowest BCUT2D eigenvalue weighted by atomic mass is 9.83. The Morgan fingerprint density at radius 2 is 2.17 bits per heavy atom. The lowest BCUT2D eigenvalue weighted by Crippen LogP contribution is -2.35. The van der Waals surface area contributed by atoms with E-state index in [-0.39, 0.29) is 12.6 Å². The van der Waals surface area contributed by atoms with Crippen molar-refractivity contribution in [3.8, 4) is 11.5 Å². The van der Waals surface area contributed by atoms with Gasteiger partial charge in [0.25, 0.3) is 0 Å². The number of benzene rings is 1. The van der Waals surface area contributed by atoms with Gasteiger partial charge in [-0.15, -0.1) is 0 Å². The molecule has 4 heteroatoms. The summed E-state index contributed by atoms with van der Waals surface area (Å²) in [6.45, 7) is 6.88. The van der Waals surface area contributed by atoms with Gasteiger partial charge in [-0.2, -0.15) is 0 Å². The van der Waals surface area contributed by atoms with E-state index in [1.165, 1.54) is 0 Å². The van der Waals surface area contributed by atoms with Crippen LogP contribution in [0.25, 0.3) is 0 Å². The second-order valence-electron chi connectivity index (χ2n) is 4.91. The lowest BCUT2D eigenvalue weighted by Gasteiger charge is -2.29. The van der Waals surface area contributed by atoms with Crippen molar-refractivity contribution in [3.63, 3.8) is 0 Å². The molecule has 1 heterocycles. The third kappa shape index (κ3) is 2.48. The van der Waals surface area contributed by atoms with Crippen LogP contribution in [0.5, 0.6) is 11.5 Å². The minimum atomic E-state index is -0.458. The second-order valence-corrected chi connectivity index (χ2v) is 4.91. The molecule has 2 rings (SSSR count). The molecular weight excluding hydrogens is 232 g/mol. The Morgan fingerprint density at radius 1 is 1.39 bits per heavy atom. The summed E-state index contributed by atoms with van der Waals surface area (Å²) in [6, 6.07) is 5.25. The van der Waals surface area contributed by atoms with Gasteiger partial charge in [0.15, 0.2) is 12.6 Å². The molecule has 18 heavy (non-hydrogen) atoms. The van der Waals surface area contributed by atoms with E-state index >= 15 is 0 Å². The monoisotopic (exact) mass is 250 g/mol. The molecule has 0 amide bonds.